The minimum absolute atomic E-state index is 0.0681. The van der Waals surface area contributed by atoms with Gasteiger partial charge in [-0.25, -0.2) is 0 Å². The summed E-state index contributed by atoms with van der Waals surface area (Å²) in [5, 5.41) is 2.86. The SMILES string of the molecule is CSNCCCOCCCNC(=O)C(C)C. The van der Waals surface area contributed by atoms with Crippen LogP contribution in [0.15, 0.2) is 0 Å². The van der Waals surface area contributed by atoms with E-state index in [1.807, 2.05) is 20.1 Å². The van der Waals surface area contributed by atoms with Crippen molar-refractivity contribution in [3.05, 3.63) is 0 Å². The Balaban J connectivity index is 3.07. The molecule has 5 heteroatoms. The summed E-state index contributed by atoms with van der Waals surface area (Å²) in [6.07, 6.45) is 3.92. The minimum Gasteiger partial charge on any atom is -0.381 e. The fraction of sp³-hybridized carbons (Fsp3) is 0.909. The van der Waals surface area contributed by atoms with Gasteiger partial charge in [0.1, 0.15) is 0 Å². The highest BCUT2D eigenvalue weighted by Crippen LogP contribution is 1.91. The van der Waals surface area contributed by atoms with Gasteiger partial charge in [0.05, 0.1) is 0 Å². The summed E-state index contributed by atoms with van der Waals surface area (Å²) >= 11 is 1.63. The Morgan fingerprint density at radius 1 is 1.25 bits per heavy atom. The second-order valence-corrected chi connectivity index (χ2v) is 4.56. The first-order valence-corrected chi connectivity index (χ1v) is 7.02. The number of carbonyl (C=O) groups excluding carboxylic acids is 1. The Bertz CT molecular complexity index is 177. The zero-order valence-electron chi connectivity index (χ0n) is 10.5. The molecule has 4 nitrogen and oxygen atoms in total. The average Bonchev–Trinajstić information content (AvgIpc) is 2.26. The van der Waals surface area contributed by atoms with Crippen LogP contribution >= 0.6 is 11.9 Å². The zero-order valence-corrected chi connectivity index (χ0v) is 11.4. The lowest BCUT2D eigenvalue weighted by molar-refractivity contribution is -0.124. The Morgan fingerprint density at radius 3 is 2.44 bits per heavy atom. The number of rotatable bonds is 10. The van der Waals surface area contributed by atoms with Crippen molar-refractivity contribution in [1.29, 1.82) is 0 Å². The molecule has 0 rings (SSSR count). The fourth-order valence-corrected chi connectivity index (χ4v) is 1.39. The Hall–Kier alpha value is -0.260. The van der Waals surface area contributed by atoms with Crippen LogP contribution in [0.3, 0.4) is 0 Å². The molecule has 0 aromatic rings. The van der Waals surface area contributed by atoms with Gasteiger partial charge in [-0.05, 0) is 19.1 Å². The second-order valence-electron chi connectivity index (χ2n) is 3.86. The summed E-state index contributed by atoms with van der Waals surface area (Å²) < 4.78 is 8.58. The number of amides is 1. The molecule has 0 aliphatic heterocycles. The maximum atomic E-state index is 11.2. The summed E-state index contributed by atoms with van der Waals surface area (Å²) in [4.78, 5) is 11.2. The van der Waals surface area contributed by atoms with E-state index in [0.29, 0.717) is 6.54 Å². The van der Waals surface area contributed by atoms with Crippen molar-refractivity contribution in [2.24, 2.45) is 5.92 Å². The molecule has 0 saturated carbocycles. The monoisotopic (exact) mass is 248 g/mol. The predicted molar refractivity (Wildman–Crippen MR) is 69.4 cm³/mol. The summed E-state index contributed by atoms with van der Waals surface area (Å²) in [6.45, 7) is 6.98. The molecular formula is C11H24N2O2S. The fourth-order valence-electron chi connectivity index (χ4n) is 1.04. The molecule has 0 atom stereocenters. The van der Waals surface area contributed by atoms with Crippen molar-refractivity contribution in [3.8, 4) is 0 Å². The van der Waals surface area contributed by atoms with Crippen LogP contribution in [-0.4, -0.2) is 38.5 Å². The molecule has 0 heterocycles. The molecule has 0 aromatic heterocycles. The van der Waals surface area contributed by atoms with E-state index in [9.17, 15) is 4.79 Å². The van der Waals surface area contributed by atoms with Gasteiger partial charge in [0.2, 0.25) is 5.91 Å². The Kier molecular flexibility index (Phi) is 11.0. The molecule has 0 bridgehead atoms. The second kappa shape index (κ2) is 11.2. The molecule has 0 aliphatic rings. The van der Waals surface area contributed by atoms with Crippen LogP contribution in [0.4, 0.5) is 0 Å². The van der Waals surface area contributed by atoms with Crippen LogP contribution in [0.5, 0.6) is 0 Å². The van der Waals surface area contributed by atoms with E-state index in [-0.39, 0.29) is 11.8 Å². The number of ether oxygens (including phenoxy) is 1. The van der Waals surface area contributed by atoms with Crippen LogP contribution in [0.1, 0.15) is 26.7 Å². The zero-order chi connectivity index (χ0) is 12.2. The van der Waals surface area contributed by atoms with Crippen molar-refractivity contribution < 1.29 is 9.53 Å². The molecule has 0 aliphatic carbocycles. The van der Waals surface area contributed by atoms with Crippen molar-refractivity contribution >= 4 is 17.9 Å². The highest BCUT2D eigenvalue weighted by atomic mass is 32.2. The van der Waals surface area contributed by atoms with Gasteiger partial charge < -0.3 is 10.1 Å². The van der Waals surface area contributed by atoms with E-state index in [2.05, 4.69) is 10.0 Å². The maximum Gasteiger partial charge on any atom is 0.222 e. The van der Waals surface area contributed by atoms with Crippen molar-refractivity contribution in [3.63, 3.8) is 0 Å². The van der Waals surface area contributed by atoms with Gasteiger partial charge in [0.25, 0.3) is 0 Å². The van der Waals surface area contributed by atoms with E-state index < -0.39 is 0 Å². The van der Waals surface area contributed by atoms with Gasteiger partial charge >= 0.3 is 0 Å². The molecule has 0 aromatic carbocycles. The highest BCUT2D eigenvalue weighted by molar-refractivity contribution is 7.96. The van der Waals surface area contributed by atoms with Crippen molar-refractivity contribution in [2.45, 2.75) is 26.7 Å². The van der Waals surface area contributed by atoms with E-state index in [0.717, 1.165) is 32.6 Å². The third-order valence-corrected chi connectivity index (χ3v) is 2.49. The van der Waals surface area contributed by atoms with Crippen LogP contribution in [0.2, 0.25) is 0 Å². The lowest BCUT2D eigenvalue weighted by Crippen LogP contribution is -2.29. The van der Waals surface area contributed by atoms with Crippen molar-refractivity contribution in [2.75, 3.05) is 32.6 Å². The lowest BCUT2D eigenvalue weighted by atomic mass is 10.2. The molecule has 0 fully saturated rings. The largest absolute Gasteiger partial charge is 0.381 e. The molecule has 0 radical (unpaired) electrons. The molecule has 2 N–H and O–H groups in total. The topological polar surface area (TPSA) is 50.4 Å². The number of hydrogen-bond donors (Lipinski definition) is 2. The third-order valence-electron chi connectivity index (χ3n) is 2.00. The van der Waals surface area contributed by atoms with Crippen molar-refractivity contribution in [1.82, 2.24) is 10.0 Å². The molecule has 0 spiro atoms. The van der Waals surface area contributed by atoms with E-state index in [1.54, 1.807) is 11.9 Å². The first kappa shape index (κ1) is 15.7. The van der Waals surface area contributed by atoms with Gasteiger partial charge in [-0.3, -0.25) is 9.52 Å². The van der Waals surface area contributed by atoms with Gasteiger partial charge in [-0.2, -0.15) is 0 Å². The standard InChI is InChI=1S/C11H24N2O2S/c1-10(2)11(14)12-6-4-8-15-9-5-7-13-16-3/h10,13H,4-9H2,1-3H3,(H,12,14). The smallest absolute Gasteiger partial charge is 0.222 e. The summed E-state index contributed by atoms with van der Waals surface area (Å²) in [7, 11) is 0. The molecule has 0 unspecified atom stereocenters. The first-order valence-electron chi connectivity index (χ1n) is 5.79. The molecule has 96 valence electrons. The summed E-state index contributed by atoms with van der Waals surface area (Å²) in [5.74, 6) is 0.183. The minimum atomic E-state index is 0.0681. The van der Waals surface area contributed by atoms with Crippen LogP contribution in [0, 0.1) is 5.92 Å². The average molecular weight is 248 g/mol. The van der Waals surface area contributed by atoms with Crippen LogP contribution in [-0.2, 0) is 9.53 Å². The molecule has 16 heavy (non-hydrogen) atoms. The normalized spacial score (nSPS) is 10.8. The molecule has 0 saturated heterocycles. The van der Waals surface area contributed by atoms with E-state index in [4.69, 9.17) is 4.74 Å². The number of hydrogen-bond acceptors (Lipinski definition) is 4. The Labute approximate surface area is 103 Å². The van der Waals surface area contributed by atoms with Gasteiger partial charge in [0, 0.05) is 32.2 Å². The molecular weight excluding hydrogens is 224 g/mol. The maximum absolute atomic E-state index is 11.2. The number of nitrogens with one attached hydrogen (secondary N) is 2. The van der Waals surface area contributed by atoms with Crippen LogP contribution in [0.25, 0.3) is 0 Å². The van der Waals surface area contributed by atoms with Gasteiger partial charge in [0.15, 0.2) is 0 Å². The summed E-state index contributed by atoms with van der Waals surface area (Å²) in [6, 6.07) is 0. The molecule has 1 amide bonds. The highest BCUT2D eigenvalue weighted by Gasteiger charge is 2.04. The quantitative estimate of drug-likeness (QED) is 0.453. The van der Waals surface area contributed by atoms with E-state index in [1.165, 1.54) is 0 Å². The predicted octanol–water partition coefficient (Wildman–Crippen LogP) is 1.42. The van der Waals surface area contributed by atoms with E-state index >= 15 is 0 Å². The van der Waals surface area contributed by atoms with Gasteiger partial charge in [-0.15, -0.1) is 0 Å². The third kappa shape index (κ3) is 10.3. The van der Waals surface area contributed by atoms with Crippen LogP contribution < -0.4 is 10.0 Å². The Morgan fingerprint density at radius 2 is 1.88 bits per heavy atom. The first-order chi connectivity index (χ1) is 7.68. The lowest BCUT2D eigenvalue weighted by Gasteiger charge is -2.08. The number of carbonyl (C=O) groups is 1. The van der Waals surface area contributed by atoms with Gasteiger partial charge in [-0.1, -0.05) is 25.8 Å². The summed E-state index contributed by atoms with van der Waals surface area (Å²) in [5.41, 5.74) is 0.